The third-order valence-electron chi connectivity index (χ3n) is 7.28. The third kappa shape index (κ3) is 4.88. The van der Waals surface area contributed by atoms with E-state index in [0.717, 1.165) is 45.3 Å². The normalized spacial score (nSPS) is 17.0. The minimum atomic E-state index is -0.200. The van der Waals surface area contributed by atoms with Gasteiger partial charge in [0.05, 0.1) is 23.5 Å². The van der Waals surface area contributed by atoms with Crippen molar-refractivity contribution < 1.29 is 9.90 Å². The molecule has 8 heteroatoms. The van der Waals surface area contributed by atoms with Gasteiger partial charge in [-0.3, -0.25) is 9.78 Å². The van der Waals surface area contributed by atoms with Crippen LogP contribution in [0.15, 0.2) is 72.9 Å². The number of aromatic hydroxyl groups is 1. The lowest BCUT2D eigenvalue weighted by atomic mass is 9.96. The maximum absolute atomic E-state index is 12.3. The molecule has 1 aliphatic rings. The number of amides is 1. The van der Waals surface area contributed by atoms with E-state index in [4.69, 9.17) is 12.2 Å². The van der Waals surface area contributed by atoms with Crippen LogP contribution in [0.1, 0.15) is 54.1 Å². The van der Waals surface area contributed by atoms with Crippen molar-refractivity contribution in [3.8, 4) is 11.4 Å². The molecule has 1 aliphatic heterocycles. The number of nitrogens with one attached hydrogen (secondary N) is 2. The molecule has 0 spiro atoms. The number of phenolic OH excluding ortho intramolecular Hbond substituents is 1. The van der Waals surface area contributed by atoms with Crippen molar-refractivity contribution in [1.82, 2.24) is 14.9 Å². The van der Waals surface area contributed by atoms with Crippen molar-refractivity contribution in [1.29, 1.82) is 0 Å². The van der Waals surface area contributed by atoms with Gasteiger partial charge in [-0.1, -0.05) is 32.0 Å². The number of hydrogen-bond donors (Lipinski definition) is 3. The van der Waals surface area contributed by atoms with Crippen molar-refractivity contribution in [3.63, 3.8) is 0 Å². The molecule has 7 nitrogen and oxygen atoms in total. The van der Waals surface area contributed by atoms with Gasteiger partial charge in [-0.05, 0) is 92.6 Å². The summed E-state index contributed by atoms with van der Waals surface area (Å²) in [6, 6.07) is 21.0. The fourth-order valence-corrected chi connectivity index (χ4v) is 5.62. The number of carbonyl (C=O) groups is 1. The van der Waals surface area contributed by atoms with E-state index >= 15 is 0 Å². The molecule has 2 atom stereocenters. The zero-order valence-electron chi connectivity index (χ0n) is 22.8. The van der Waals surface area contributed by atoms with E-state index in [2.05, 4.69) is 44.1 Å². The first-order valence-electron chi connectivity index (χ1n) is 13.1. The largest absolute Gasteiger partial charge is 0.506 e. The lowest BCUT2D eigenvalue weighted by Crippen LogP contribution is -2.29. The Morgan fingerprint density at radius 2 is 1.79 bits per heavy atom. The summed E-state index contributed by atoms with van der Waals surface area (Å²) in [5, 5.41) is 17.8. The zero-order chi connectivity index (χ0) is 27.8. The van der Waals surface area contributed by atoms with Gasteiger partial charge in [0.25, 0.3) is 0 Å². The van der Waals surface area contributed by atoms with E-state index in [-0.39, 0.29) is 29.7 Å². The monoisotopic (exact) mass is 539 g/mol. The van der Waals surface area contributed by atoms with Gasteiger partial charge in [0.1, 0.15) is 5.75 Å². The second-order valence-corrected chi connectivity index (χ2v) is 10.7. The van der Waals surface area contributed by atoms with Crippen LogP contribution in [0.25, 0.3) is 5.69 Å². The molecule has 0 aliphatic carbocycles. The van der Waals surface area contributed by atoms with E-state index < -0.39 is 0 Å². The van der Waals surface area contributed by atoms with Gasteiger partial charge in [0, 0.05) is 34.9 Å². The quantitative estimate of drug-likeness (QED) is 0.250. The number of aryl methyl sites for hydroxylation is 2. The highest BCUT2D eigenvalue weighted by atomic mass is 32.1. The summed E-state index contributed by atoms with van der Waals surface area (Å²) in [6.45, 7) is 9.85. The summed E-state index contributed by atoms with van der Waals surface area (Å²) in [5.41, 5.74) is 7.36. The smallest absolute Gasteiger partial charge is 0.226 e. The number of benzene rings is 2. The van der Waals surface area contributed by atoms with Crippen LogP contribution in [-0.2, 0) is 4.79 Å². The average Bonchev–Trinajstić information content (AvgIpc) is 3.41. The molecule has 200 valence electrons. The van der Waals surface area contributed by atoms with Crippen LogP contribution in [0.4, 0.5) is 11.4 Å². The molecule has 1 amide bonds. The molecular weight excluding hydrogens is 506 g/mol. The molecule has 39 heavy (non-hydrogen) atoms. The van der Waals surface area contributed by atoms with Crippen molar-refractivity contribution in [2.24, 2.45) is 5.92 Å². The number of aromatic nitrogens is 2. The summed E-state index contributed by atoms with van der Waals surface area (Å²) in [4.78, 5) is 19.1. The second-order valence-electron chi connectivity index (χ2n) is 10.3. The first-order valence-corrected chi connectivity index (χ1v) is 13.5. The summed E-state index contributed by atoms with van der Waals surface area (Å²) < 4.78 is 2.08. The van der Waals surface area contributed by atoms with E-state index in [9.17, 15) is 9.90 Å². The highest BCUT2D eigenvalue weighted by molar-refractivity contribution is 7.80. The molecule has 1 saturated heterocycles. The van der Waals surface area contributed by atoms with Crippen LogP contribution in [0.5, 0.6) is 5.75 Å². The van der Waals surface area contributed by atoms with Gasteiger partial charge >= 0.3 is 0 Å². The Kier molecular flexibility index (Phi) is 7.14. The first kappa shape index (κ1) is 26.4. The second kappa shape index (κ2) is 10.5. The predicted molar refractivity (Wildman–Crippen MR) is 159 cm³/mol. The molecule has 3 heterocycles. The molecule has 5 rings (SSSR count). The Bertz CT molecular complexity index is 1550. The van der Waals surface area contributed by atoms with Crippen LogP contribution in [0, 0.1) is 26.7 Å². The van der Waals surface area contributed by atoms with Gasteiger partial charge in [0.2, 0.25) is 5.91 Å². The number of rotatable bonds is 6. The van der Waals surface area contributed by atoms with Gasteiger partial charge in [-0.15, -0.1) is 0 Å². The van der Waals surface area contributed by atoms with Gasteiger partial charge < -0.3 is 25.2 Å². The SMILES string of the molecule is Cc1cc(N2C(=S)N[C@H](c3ccccn3)[C@@H]2c2cc(C)n(-c3ccccc3O)c2C)ccc1NC(=O)C(C)C. The van der Waals surface area contributed by atoms with Crippen molar-refractivity contribution in [2.75, 3.05) is 10.2 Å². The number of anilines is 2. The van der Waals surface area contributed by atoms with E-state index in [1.807, 2.05) is 76.2 Å². The Balaban J connectivity index is 1.63. The Morgan fingerprint density at radius 3 is 2.46 bits per heavy atom. The maximum Gasteiger partial charge on any atom is 0.226 e. The molecule has 4 aromatic rings. The maximum atomic E-state index is 12.3. The Hall–Kier alpha value is -4.17. The molecule has 0 saturated carbocycles. The van der Waals surface area contributed by atoms with E-state index in [0.29, 0.717) is 5.11 Å². The van der Waals surface area contributed by atoms with Crippen LogP contribution >= 0.6 is 12.2 Å². The Labute approximate surface area is 234 Å². The highest BCUT2D eigenvalue weighted by Gasteiger charge is 2.42. The van der Waals surface area contributed by atoms with E-state index in [1.165, 1.54) is 0 Å². The highest BCUT2D eigenvalue weighted by Crippen LogP contribution is 2.44. The lowest BCUT2D eigenvalue weighted by molar-refractivity contribution is -0.118. The summed E-state index contributed by atoms with van der Waals surface area (Å²) >= 11 is 5.92. The van der Waals surface area contributed by atoms with Crippen LogP contribution in [-0.4, -0.2) is 25.7 Å². The minimum Gasteiger partial charge on any atom is -0.506 e. The van der Waals surface area contributed by atoms with Crippen molar-refractivity contribution >= 4 is 34.6 Å². The molecule has 2 aromatic heterocycles. The zero-order valence-corrected chi connectivity index (χ0v) is 23.6. The molecule has 3 N–H and O–H groups in total. The van der Waals surface area contributed by atoms with Gasteiger partial charge in [-0.2, -0.15) is 0 Å². The molecule has 0 unspecified atom stereocenters. The predicted octanol–water partition coefficient (Wildman–Crippen LogP) is 6.27. The molecule has 1 fully saturated rings. The number of phenols is 1. The summed E-state index contributed by atoms with van der Waals surface area (Å²) in [7, 11) is 0. The minimum absolute atomic E-state index is 0.0195. The van der Waals surface area contributed by atoms with Gasteiger partial charge in [-0.25, -0.2) is 0 Å². The standard InChI is InChI=1S/C31H33N5O2S/c1-18(2)30(38)33-24-14-13-22(16-19(24)3)36-29(28(34-31(36)39)25-10-8-9-15-32-25)23-17-20(4)35(21(23)5)26-11-6-7-12-27(26)37/h6-18,28-29,37H,1-5H3,(H,33,38)(H,34,39)/t28-,29+/m1/s1. The fraction of sp³-hybridized carbons (Fsp3) is 0.258. The number of nitrogens with zero attached hydrogens (tertiary/aromatic N) is 3. The number of pyridine rings is 1. The molecule has 0 radical (unpaired) electrons. The first-order chi connectivity index (χ1) is 18.7. The number of carbonyl (C=O) groups excluding carboxylic acids is 1. The summed E-state index contributed by atoms with van der Waals surface area (Å²) in [6.07, 6.45) is 1.79. The number of para-hydroxylation sites is 2. The number of hydrogen-bond acceptors (Lipinski definition) is 4. The number of thiocarbonyl (C=S) groups is 1. The Morgan fingerprint density at radius 1 is 1.05 bits per heavy atom. The fourth-order valence-electron chi connectivity index (χ4n) is 5.28. The average molecular weight is 540 g/mol. The van der Waals surface area contributed by atoms with E-state index in [1.54, 1.807) is 12.3 Å². The van der Waals surface area contributed by atoms with Crippen molar-refractivity contribution in [3.05, 3.63) is 101 Å². The molecule has 0 bridgehead atoms. The van der Waals surface area contributed by atoms with Crippen molar-refractivity contribution in [2.45, 2.75) is 46.7 Å². The summed E-state index contributed by atoms with van der Waals surface area (Å²) in [5.74, 6) is 0.0925. The van der Waals surface area contributed by atoms with Crippen LogP contribution in [0.3, 0.4) is 0 Å². The van der Waals surface area contributed by atoms with Crippen LogP contribution < -0.4 is 15.5 Å². The molecule has 2 aromatic carbocycles. The third-order valence-corrected chi connectivity index (χ3v) is 7.59. The lowest BCUT2D eigenvalue weighted by Gasteiger charge is -2.29. The topological polar surface area (TPSA) is 82.4 Å². The van der Waals surface area contributed by atoms with Gasteiger partial charge in [0.15, 0.2) is 5.11 Å². The van der Waals surface area contributed by atoms with Crippen LogP contribution in [0.2, 0.25) is 0 Å². The molecular formula is C31H33N5O2S.